The highest BCUT2D eigenvalue weighted by molar-refractivity contribution is 6.35. The first-order valence-electron chi connectivity index (χ1n) is 12.0. The molecule has 0 spiro atoms. The average Bonchev–Trinajstić information content (AvgIpc) is 3.20. The normalized spacial score (nSPS) is 16.0. The number of aromatic hydroxyl groups is 1. The van der Waals surface area contributed by atoms with E-state index < -0.39 is 12.0 Å². The van der Waals surface area contributed by atoms with Gasteiger partial charge in [-0.2, -0.15) is 0 Å². The van der Waals surface area contributed by atoms with Crippen LogP contribution >= 0.6 is 23.2 Å². The van der Waals surface area contributed by atoms with Crippen LogP contribution in [0.4, 0.5) is 0 Å². The van der Waals surface area contributed by atoms with Crippen molar-refractivity contribution in [3.8, 4) is 5.75 Å². The molecule has 1 aromatic heterocycles. The number of halogens is 2. The zero-order valence-electron chi connectivity index (χ0n) is 20.5. The molecule has 3 aromatic carbocycles. The smallest absolute Gasteiger partial charge is 0.342 e. The summed E-state index contributed by atoms with van der Waals surface area (Å²) in [7, 11) is 2.09. The first-order chi connectivity index (χ1) is 17.3. The third-order valence-electron chi connectivity index (χ3n) is 6.95. The molecule has 1 atom stereocenters. The third kappa shape index (κ3) is 4.22. The van der Waals surface area contributed by atoms with Crippen LogP contribution in [-0.4, -0.2) is 60.7 Å². The molecule has 8 heteroatoms. The van der Waals surface area contributed by atoms with Gasteiger partial charge in [-0.1, -0.05) is 53.5 Å². The van der Waals surface area contributed by atoms with Gasteiger partial charge in [-0.25, -0.2) is 4.79 Å². The number of nitrogens with zero attached hydrogens (tertiary/aromatic N) is 2. The van der Waals surface area contributed by atoms with Gasteiger partial charge in [0.1, 0.15) is 22.7 Å². The lowest BCUT2D eigenvalue weighted by Gasteiger charge is -2.39. The Bertz CT molecular complexity index is 1460. The Morgan fingerprint density at radius 3 is 2.47 bits per heavy atom. The van der Waals surface area contributed by atoms with E-state index in [-0.39, 0.29) is 12.4 Å². The molecule has 1 aliphatic heterocycles. The maximum atomic E-state index is 13.2. The second kappa shape index (κ2) is 9.94. The Labute approximate surface area is 219 Å². The number of ether oxygens (including phenoxy) is 1. The molecule has 0 saturated carbocycles. The van der Waals surface area contributed by atoms with Gasteiger partial charge in [-0.15, -0.1) is 0 Å². The number of carbonyl (C=O) groups is 1. The highest BCUT2D eigenvalue weighted by Gasteiger charge is 2.35. The number of rotatable bonds is 5. The number of hydrogen-bond acceptors (Lipinski definition) is 6. The van der Waals surface area contributed by atoms with Crippen molar-refractivity contribution < 1.29 is 19.1 Å². The molecule has 1 N–H and O–H groups in total. The fourth-order valence-corrected chi connectivity index (χ4v) is 5.71. The fourth-order valence-electron chi connectivity index (χ4n) is 5.20. The average molecular weight is 527 g/mol. The molecule has 1 unspecified atom stereocenters. The molecule has 5 rings (SSSR count). The van der Waals surface area contributed by atoms with Gasteiger partial charge in [-0.05, 0) is 38.6 Å². The van der Waals surface area contributed by atoms with Gasteiger partial charge >= 0.3 is 5.97 Å². The number of phenols is 1. The van der Waals surface area contributed by atoms with Crippen molar-refractivity contribution in [2.24, 2.45) is 0 Å². The van der Waals surface area contributed by atoms with E-state index >= 15 is 0 Å². The Morgan fingerprint density at radius 1 is 1.11 bits per heavy atom. The minimum Gasteiger partial charge on any atom is -0.507 e. The maximum absolute atomic E-state index is 13.2. The fraction of sp³-hybridized carbons (Fsp3) is 0.321. The lowest BCUT2D eigenvalue weighted by molar-refractivity contribution is 0.0526. The SMILES string of the molecule is CCOC(=O)c1c(C)oc2c1c(C(c1ccc(Cl)cc1Cl)N1CCN(C)CC1)c(O)c1ccccc12. The van der Waals surface area contributed by atoms with Gasteiger partial charge in [-0.3, -0.25) is 4.90 Å². The summed E-state index contributed by atoms with van der Waals surface area (Å²) in [6.07, 6.45) is 0. The molecule has 0 aliphatic carbocycles. The molecule has 1 fully saturated rings. The van der Waals surface area contributed by atoms with Crippen molar-refractivity contribution in [3.05, 3.63) is 75.0 Å². The van der Waals surface area contributed by atoms with E-state index in [9.17, 15) is 9.90 Å². The van der Waals surface area contributed by atoms with E-state index in [1.807, 2.05) is 30.3 Å². The van der Waals surface area contributed by atoms with Gasteiger partial charge in [0.15, 0.2) is 0 Å². The van der Waals surface area contributed by atoms with Crippen molar-refractivity contribution in [1.29, 1.82) is 0 Å². The molecular weight excluding hydrogens is 499 g/mol. The van der Waals surface area contributed by atoms with Crippen molar-refractivity contribution in [1.82, 2.24) is 9.80 Å². The molecule has 6 nitrogen and oxygen atoms in total. The molecule has 0 amide bonds. The number of phenolic OH excluding ortho intramolecular Hbond substituents is 1. The predicted octanol–water partition coefficient (Wildman–Crippen LogP) is 6.42. The van der Waals surface area contributed by atoms with Gasteiger partial charge in [0.25, 0.3) is 0 Å². The number of likely N-dealkylation sites (N-methyl/N-ethyl adjacent to an activating group) is 1. The van der Waals surface area contributed by atoms with Crippen LogP contribution in [0.5, 0.6) is 5.75 Å². The number of benzene rings is 3. The molecule has 1 aliphatic rings. The van der Waals surface area contributed by atoms with Crippen molar-refractivity contribution in [3.63, 3.8) is 0 Å². The van der Waals surface area contributed by atoms with Gasteiger partial charge in [0.05, 0.1) is 12.6 Å². The Hall–Kier alpha value is -2.77. The topological polar surface area (TPSA) is 66.2 Å². The largest absolute Gasteiger partial charge is 0.507 e. The maximum Gasteiger partial charge on any atom is 0.342 e. The molecule has 1 saturated heterocycles. The van der Waals surface area contributed by atoms with E-state index in [1.54, 1.807) is 26.0 Å². The van der Waals surface area contributed by atoms with Crippen LogP contribution in [-0.2, 0) is 4.74 Å². The summed E-state index contributed by atoms with van der Waals surface area (Å²) in [6.45, 7) is 6.96. The summed E-state index contributed by atoms with van der Waals surface area (Å²) in [5.74, 6) is 0.0585. The van der Waals surface area contributed by atoms with E-state index in [4.69, 9.17) is 32.4 Å². The zero-order valence-corrected chi connectivity index (χ0v) is 22.0. The van der Waals surface area contributed by atoms with Gasteiger partial charge in [0.2, 0.25) is 0 Å². The second-order valence-corrected chi connectivity index (χ2v) is 10.0. The molecule has 188 valence electrons. The summed E-state index contributed by atoms with van der Waals surface area (Å²) >= 11 is 13.0. The lowest BCUT2D eigenvalue weighted by Crippen LogP contribution is -2.46. The molecule has 0 radical (unpaired) electrons. The number of aryl methyl sites for hydroxylation is 1. The van der Waals surface area contributed by atoms with Crippen molar-refractivity contribution >= 4 is 50.9 Å². The van der Waals surface area contributed by atoms with E-state index in [0.29, 0.717) is 43.3 Å². The van der Waals surface area contributed by atoms with Crippen LogP contribution in [0.1, 0.15) is 40.2 Å². The van der Waals surface area contributed by atoms with Crippen LogP contribution in [0.25, 0.3) is 21.7 Å². The summed E-state index contributed by atoms with van der Waals surface area (Å²) in [4.78, 5) is 17.8. The summed E-state index contributed by atoms with van der Waals surface area (Å²) in [5, 5.41) is 14.8. The molecule has 4 aromatic rings. The van der Waals surface area contributed by atoms with Gasteiger partial charge < -0.3 is 19.2 Å². The van der Waals surface area contributed by atoms with Crippen LogP contribution in [0.3, 0.4) is 0 Å². The number of esters is 1. The van der Waals surface area contributed by atoms with Gasteiger partial charge in [0, 0.05) is 57.9 Å². The van der Waals surface area contributed by atoms with Crippen molar-refractivity contribution in [2.75, 3.05) is 39.8 Å². The second-order valence-electron chi connectivity index (χ2n) is 9.17. The highest BCUT2D eigenvalue weighted by Crippen LogP contribution is 2.48. The zero-order chi connectivity index (χ0) is 25.6. The summed E-state index contributed by atoms with van der Waals surface area (Å²) in [6, 6.07) is 12.5. The summed E-state index contributed by atoms with van der Waals surface area (Å²) < 4.78 is 11.6. The monoisotopic (exact) mass is 526 g/mol. The van der Waals surface area contributed by atoms with E-state index in [0.717, 1.165) is 37.1 Å². The van der Waals surface area contributed by atoms with Crippen LogP contribution in [0, 0.1) is 6.92 Å². The minimum absolute atomic E-state index is 0.0967. The number of hydrogen-bond donors (Lipinski definition) is 1. The minimum atomic E-state index is -0.482. The van der Waals surface area contributed by atoms with Crippen molar-refractivity contribution in [2.45, 2.75) is 19.9 Å². The Morgan fingerprint density at radius 2 is 1.81 bits per heavy atom. The number of fused-ring (bicyclic) bond motifs is 3. The first-order valence-corrected chi connectivity index (χ1v) is 12.8. The predicted molar refractivity (Wildman–Crippen MR) is 143 cm³/mol. The quantitative estimate of drug-likeness (QED) is 0.302. The highest BCUT2D eigenvalue weighted by atomic mass is 35.5. The lowest BCUT2D eigenvalue weighted by atomic mass is 9.88. The molecule has 36 heavy (non-hydrogen) atoms. The Balaban J connectivity index is 1.89. The number of furan rings is 1. The van der Waals surface area contributed by atoms with E-state index in [2.05, 4.69) is 16.8 Å². The standard InChI is InChI=1S/C28H28Cl2N2O4/c1-4-35-28(34)22-16(2)36-27-19-8-6-5-7-18(19)26(33)24(23(22)27)25(32-13-11-31(3)12-14-32)20-10-9-17(29)15-21(20)30/h5-10,15,25,33H,4,11-14H2,1-3H3. The number of carbonyl (C=O) groups excluding carboxylic acids is 1. The first kappa shape index (κ1) is 24.9. The van der Waals surface area contributed by atoms with Crippen LogP contribution in [0.15, 0.2) is 46.9 Å². The van der Waals surface area contributed by atoms with Crippen LogP contribution < -0.4 is 0 Å². The molecule has 2 heterocycles. The molecule has 0 bridgehead atoms. The number of piperazine rings is 1. The Kier molecular flexibility index (Phi) is 6.88. The summed E-state index contributed by atoms with van der Waals surface area (Å²) in [5.41, 5.74) is 2.25. The molecular formula is C28H28Cl2N2O4. The third-order valence-corrected chi connectivity index (χ3v) is 7.51. The van der Waals surface area contributed by atoms with Crippen LogP contribution in [0.2, 0.25) is 10.0 Å². The van der Waals surface area contributed by atoms with E-state index in [1.165, 1.54) is 0 Å².